The van der Waals surface area contributed by atoms with E-state index in [1.807, 2.05) is 23.1 Å². The standard InChI is InChI=1S/C17H28N2O/c1-4-12-19(14-17(2,3)13-18)16(20)11-10-15-8-6-5-7-9-15/h5-9H,4,10-14,18H2,1-3H3. The summed E-state index contributed by atoms with van der Waals surface area (Å²) in [6.45, 7) is 8.48. The minimum atomic E-state index is -0.0163. The van der Waals surface area contributed by atoms with Gasteiger partial charge in [0.15, 0.2) is 0 Å². The Balaban J connectivity index is 2.56. The zero-order chi connectivity index (χ0) is 15.0. The third-order valence-corrected chi connectivity index (χ3v) is 3.49. The van der Waals surface area contributed by atoms with Gasteiger partial charge in [0.2, 0.25) is 5.91 Å². The molecule has 0 aliphatic carbocycles. The first-order chi connectivity index (χ1) is 9.48. The molecule has 2 N–H and O–H groups in total. The van der Waals surface area contributed by atoms with E-state index in [9.17, 15) is 4.79 Å². The molecule has 0 saturated carbocycles. The predicted octanol–water partition coefficient (Wildman–Crippen LogP) is 2.84. The maximum absolute atomic E-state index is 12.4. The first-order valence-corrected chi connectivity index (χ1v) is 7.50. The quantitative estimate of drug-likeness (QED) is 0.793. The van der Waals surface area contributed by atoms with E-state index < -0.39 is 0 Å². The van der Waals surface area contributed by atoms with Crippen LogP contribution >= 0.6 is 0 Å². The highest BCUT2D eigenvalue weighted by molar-refractivity contribution is 5.76. The van der Waals surface area contributed by atoms with Crippen molar-refractivity contribution in [1.29, 1.82) is 0 Å². The number of rotatable bonds is 8. The molecule has 0 unspecified atom stereocenters. The molecule has 0 spiro atoms. The van der Waals surface area contributed by atoms with Gasteiger partial charge in [-0.1, -0.05) is 51.1 Å². The van der Waals surface area contributed by atoms with E-state index in [0.29, 0.717) is 13.0 Å². The normalized spacial score (nSPS) is 11.4. The van der Waals surface area contributed by atoms with Gasteiger partial charge in [-0.2, -0.15) is 0 Å². The molecular formula is C17H28N2O. The summed E-state index contributed by atoms with van der Waals surface area (Å²) in [4.78, 5) is 14.4. The van der Waals surface area contributed by atoms with Gasteiger partial charge in [0.25, 0.3) is 0 Å². The Bertz CT molecular complexity index is 401. The maximum Gasteiger partial charge on any atom is 0.222 e. The van der Waals surface area contributed by atoms with E-state index >= 15 is 0 Å². The van der Waals surface area contributed by atoms with Crippen LogP contribution in [0.1, 0.15) is 39.2 Å². The highest BCUT2D eigenvalue weighted by atomic mass is 16.2. The van der Waals surface area contributed by atoms with Crippen LogP contribution in [0.5, 0.6) is 0 Å². The number of hydrogen-bond acceptors (Lipinski definition) is 2. The Hall–Kier alpha value is -1.35. The van der Waals surface area contributed by atoms with Crippen molar-refractivity contribution in [1.82, 2.24) is 4.90 Å². The fourth-order valence-corrected chi connectivity index (χ4v) is 2.20. The lowest BCUT2D eigenvalue weighted by molar-refractivity contribution is -0.132. The van der Waals surface area contributed by atoms with E-state index in [-0.39, 0.29) is 11.3 Å². The van der Waals surface area contributed by atoms with E-state index in [4.69, 9.17) is 5.73 Å². The highest BCUT2D eigenvalue weighted by Gasteiger charge is 2.22. The van der Waals surface area contributed by atoms with Crippen LogP contribution in [0.3, 0.4) is 0 Å². The van der Waals surface area contributed by atoms with E-state index in [1.165, 1.54) is 5.56 Å². The van der Waals surface area contributed by atoms with Crippen LogP contribution in [0.2, 0.25) is 0 Å². The van der Waals surface area contributed by atoms with Crippen LogP contribution in [0.25, 0.3) is 0 Å². The molecular weight excluding hydrogens is 248 g/mol. The summed E-state index contributed by atoms with van der Waals surface area (Å²) in [5.74, 6) is 0.234. The fraction of sp³-hybridized carbons (Fsp3) is 0.588. The summed E-state index contributed by atoms with van der Waals surface area (Å²) >= 11 is 0. The molecule has 3 nitrogen and oxygen atoms in total. The average Bonchev–Trinajstić information content (AvgIpc) is 2.45. The molecule has 1 aromatic carbocycles. The zero-order valence-electron chi connectivity index (χ0n) is 13.1. The molecule has 112 valence electrons. The van der Waals surface area contributed by atoms with Gasteiger partial charge < -0.3 is 10.6 Å². The van der Waals surface area contributed by atoms with Gasteiger partial charge in [-0.3, -0.25) is 4.79 Å². The van der Waals surface area contributed by atoms with Gasteiger partial charge in [-0.05, 0) is 30.4 Å². The number of carbonyl (C=O) groups excluding carboxylic acids is 1. The molecule has 3 heteroatoms. The van der Waals surface area contributed by atoms with Crippen molar-refractivity contribution in [3.63, 3.8) is 0 Å². The van der Waals surface area contributed by atoms with Crippen LogP contribution < -0.4 is 5.73 Å². The number of amides is 1. The van der Waals surface area contributed by atoms with Crippen LogP contribution in [-0.2, 0) is 11.2 Å². The lowest BCUT2D eigenvalue weighted by Crippen LogP contribution is -2.42. The number of hydrogen-bond donors (Lipinski definition) is 1. The lowest BCUT2D eigenvalue weighted by Gasteiger charge is -2.31. The van der Waals surface area contributed by atoms with Gasteiger partial charge in [0, 0.05) is 19.5 Å². The van der Waals surface area contributed by atoms with Gasteiger partial charge in [-0.15, -0.1) is 0 Å². The second-order valence-corrected chi connectivity index (χ2v) is 6.17. The lowest BCUT2D eigenvalue weighted by atomic mass is 9.92. The molecule has 0 aliphatic rings. The minimum absolute atomic E-state index is 0.0163. The summed E-state index contributed by atoms with van der Waals surface area (Å²) in [7, 11) is 0. The molecule has 0 heterocycles. The van der Waals surface area contributed by atoms with Gasteiger partial charge in [0.05, 0.1) is 0 Å². The van der Waals surface area contributed by atoms with Gasteiger partial charge in [0.1, 0.15) is 0 Å². The summed E-state index contributed by atoms with van der Waals surface area (Å²) in [5.41, 5.74) is 6.98. The molecule has 0 bridgehead atoms. The number of nitrogens with two attached hydrogens (primary N) is 1. The Morgan fingerprint density at radius 1 is 1.25 bits per heavy atom. The molecule has 1 amide bonds. The zero-order valence-corrected chi connectivity index (χ0v) is 13.1. The van der Waals surface area contributed by atoms with Crippen LogP contribution in [0, 0.1) is 5.41 Å². The SMILES string of the molecule is CCCN(CC(C)(C)CN)C(=O)CCc1ccccc1. The van der Waals surface area contributed by atoms with Gasteiger partial charge >= 0.3 is 0 Å². The van der Waals surface area contributed by atoms with Crippen molar-refractivity contribution in [2.75, 3.05) is 19.6 Å². The second-order valence-electron chi connectivity index (χ2n) is 6.17. The van der Waals surface area contributed by atoms with E-state index in [2.05, 4.69) is 32.9 Å². The van der Waals surface area contributed by atoms with Crippen molar-refractivity contribution in [2.45, 2.75) is 40.0 Å². The van der Waals surface area contributed by atoms with Crippen LogP contribution in [0.15, 0.2) is 30.3 Å². The van der Waals surface area contributed by atoms with Crippen molar-refractivity contribution >= 4 is 5.91 Å². The van der Waals surface area contributed by atoms with Crippen molar-refractivity contribution < 1.29 is 4.79 Å². The predicted molar refractivity (Wildman–Crippen MR) is 84.5 cm³/mol. The monoisotopic (exact) mass is 276 g/mol. The topological polar surface area (TPSA) is 46.3 Å². The Morgan fingerprint density at radius 3 is 2.45 bits per heavy atom. The van der Waals surface area contributed by atoms with Gasteiger partial charge in [-0.25, -0.2) is 0 Å². The molecule has 0 atom stereocenters. The summed E-state index contributed by atoms with van der Waals surface area (Å²) in [6.07, 6.45) is 2.37. The first-order valence-electron chi connectivity index (χ1n) is 7.50. The number of carbonyl (C=O) groups is 1. The minimum Gasteiger partial charge on any atom is -0.342 e. The van der Waals surface area contributed by atoms with Crippen molar-refractivity contribution in [3.8, 4) is 0 Å². The smallest absolute Gasteiger partial charge is 0.222 e. The Morgan fingerprint density at radius 2 is 1.90 bits per heavy atom. The molecule has 20 heavy (non-hydrogen) atoms. The van der Waals surface area contributed by atoms with Crippen molar-refractivity contribution in [2.24, 2.45) is 11.1 Å². The van der Waals surface area contributed by atoms with Crippen molar-refractivity contribution in [3.05, 3.63) is 35.9 Å². The van der Waals surface area contributed by atoms with Crippen LogP contribution in [0.4, 0.5) is 0 Å². The average molecular weight is 276 g/mol. The number of benzene rings is 1. The molecule has 0 fully saturated rings. The molecule has 0 radical (unpaired) electrons. The van der Waals surface area contributed by atoms with E-state index in [0.717, 1.165) is 25.9 Å². The highest BCUT2D eigenvalue weighted by Crippen LogP contribution is 2.16. The third-order valence-electron chi connectivity index (χ3n) is 3.49. The summed E-state index contributed by atoms with van der Waals surface area (Å²) in [5, 5.41) is 0. The molecule has 0 aromatic heterocycles. The second kappa shape index (κ2) is 8.05. The molecule has 0 saturated heterocycles. The first kappa shape index (κ1) is 16.7. The summed E-state index contributed by atoms with van der Waals surface area (Å²) < 4.78 is 0. The largest absolute Gasteiger partial charge is 0.342 e. The fourth-order valence-electron chi connectivity index (χ4n) is 2.20. The Kier molecular flexibility index (Phi) is 6.73. The number of aryl methyl sites for hydroxylation is 1. The summed E-state index contributed by atoms with van der Waals surface area (Å²) in [6, 6.07) is 10.2. The van der Waals surface area contributed by atoms with Crippen LogP contribution in [-0.4, -0.2) is 30.4 Å². The number of nitrogens with zero attached hydrogens (tertiary/aromatic N) is 1. The third kappa shape index (κ3) is 5.74. The molecule has 0 aliphatic heterocycles. The maximum atomic E-state index is 12.4. The Labute approximate surface area is 123 Å². The van der Waals surface area contributed by atoms with E-state index in [1.54, 1.807) is 0 Å². The molecule has 1 aromatic rings. The molecule has 1 rings (SSSR count).